The molecule has 3 heterocycles. The molecular formula is C11H16N2O2. The quantitative estimate of drug-likeness (QED) is 0.766. The van der Waals surface area contributed by atoms with Crippen LogP contribution in [-0.4, -0.2) is 43.3 Å². The maximum atomic E-state index is 5.72. The van der Waals surface area contributed by atoms with Crippen molar-refractivity contribution in [3.63, 3.8) is 0 Å². The molecule has 0 aromatic carbocycles. The van der Waals surface area contributed by atoms with Crippen molar-refractivity contribution < 1.29 is 9.15 Å². The van der Waals surface area contributed by atoms with Gasteiger partial charge >= 0.3 is 0 Å². The molecule has 2 atom stereocenters. The van der Waals surface area contributed by atoms with Crippen LogP contribution in [0, 0.1) is 0 Å². The number of ether oxygens (including phenoxy) is 1. The lowest BCUT2D eigenvalue weighted by molar-refractivity contribution is -0.0500. The molecule has 2 aliphatic heterocycles. The highest BCUT2D eigenvalue weighted by atomic mass is 16.5. The zero-order valence-electron chi connectivity index (χ0n) is 8.69. The Labute approximate surface area is 89.2 Å². The summed E-state index contributed by atoms with van der Waals surface area (Å²) in [7, 11) is 0. The zero-order chi connectivity index (χ0) is 10.1. The molecule has 4 nitrogen and oxygen atoms in total. The Morgan fingerprint density at radius 1 is 1.47 bits per heavy atom. The van der Waals surface area contributed by atoms with E-state index in [1.807, 2.05) is 12.3 Å². The van der Waals surface area contributed by atoms with Crippen LogP contribution in [0.5, 0.6) is 0 Å². The van der Waals surface area contributed by atoms with E-state index in [1.54, 1.807) is 6.26 Å². The molecule has 0 amide bonds. The number of furan rings is 1. The number of morpholine rings is 1. The van der Waals surface area contributed by atoms with Gasteiger partial charge in [-0.3, -0.25) is 4.90 Å². The van der Waals surface area contributed by atoms with Crippen molar-refractivity contribution in [2.45, 2.75) is 18.7 Å². The first kappa shape index (κ1) is 9.39. The number of rotatable bonds is 2. The Balaban J connectivity index is 1.69. The Hall–Kier alpha value is -0.840. The first-order valence-corrected chi connectivity index (χ1v) is 5.51. The molecule has 1 aromatic rings. The number of hydrogen-bond donors (Lipinski definition) is 1. The number of nitrogens with zero attached hydrogens (tertiary/aromatic N) is 1. The van der Waals surface area contributed by atoms with Gasteiger partial charge < -0.3 is 14.5 Å². The van der Waals surface area contributed by atoms with Gasteiger partial charge in [0.2, 0.25) is 0 Å². The molecule has 0 saturated carbocycles. The van der Waals surface area contributed by atoms with Crippen molar-refractivity contribution in [2.24, 2.45) is 0 Å². The minimum atomic E-state index is 0.380. The van der Waals surface area contributed by atoms with Gasteiger partial charge in [0.25, 0.3) is 0 Å². The fourth-order valence-corrected chi connectivity index (χ4v) is 2.48. The van der Waals surface area contributed by atoms with Crippen LogP contribution in [0.1, 0.15) is 5.56 Å². The minimum Gasteiger partial charge on any atom is -0.472 e. The van der Waals surface area contributed by atoms with Crippen molar-refractivity contribution in [1.82, 2.24) is 10.2 Å². The number of hydrogen-bond acceptors (Lipinski definition) is 4. The first-order valence-electron chi connectivity index (χ1n) is 5.51. The van der Waals surface area contributed by atoms with Gasteiger partial charge in [-0.15, -0.1) is 0 Å². The maximum Gasteiger partial charge on any atom is 0.0947 e. The van der Waals surface area contributed by atoms with E-state index in [1.165, 1.54) is 5.56 Å². The number of fused-ring (bicyclic) bond motifs is 1. The smallest absolute Gasteiger partial charge is 0.0947 e. The molecule has 0 bridgehead atoms. The molecule has 2 saturated heterocycles. The van der Waals surface area contributed by atoms with Crippen LogP contribution >= 0.6 is 0 Å². The fraction of sp³-hybridized carbons (Fsp3) is 0.636. The van der Waals surface area contributed by atoms with E-state index in [-0.39, 0.29) is 0 Å². The van der Waals surface area contributed by atoms with Crippen molar-refractivity contribution in [1.29, 1.82) is 0 Å². The van der Waals surface area contributed by atoms with Crippen LogP contribution in [-0.2, 0) is 11.3 Å². The second kappa shape index (κ2) is 3.96. The first-order chi connectivity index (χ1) is 7.43. The maximum absolute atomic E-state index is 5.72. The van der Waals surface area contributed by atoms with Crippen LogP contribution in [0.2, 0.25) is 0 Å². The van der Waals surface area contributed by atoms with Gasteiger partial charge in [-0.25, -0.2) is 0 Å². The van der Waals surface area contributed by atoms with E-state index in [9.17, 15) is 0 Å². The summed E-state index contributed by atoms with van der Waals surface area (Å²) in [6.07, 6.45) is 3.94. The lowest BCUT2D eigenvalue weighted by Crippen LogP contribution is -2.50. The molecule has 0 unspecified atom stereocenters. The third kappa shape index (κ3) is 1.80. The Morgan fingerprint density at radius 3 is 3.33 bits per heavy atom. The van der Waals surface area contributed by atoms with Gasteiger partial charge in [0.15, 0.2) is 0 Å². The van der Waals surface area contributed by atoms with Crippen LogP contribution in [0.3, 0.4) is 0 Å². The Morgan fingerprint density at radius 2 is 2.47 bits per heavy atom. The molecule has 0 aliphatic carbocycles. The molecular weight excluding hydrogens is 192 g/mol. The summed E-state index contributed by atoms with van der Waals surface area (Å²) in [5.74, 6) is 0. The second-order valence-electron chi connectivity index (χ2n) is 4.24. The Kier molecular flexibility index (Phi) is 2.48. The standard InChI is InChI=1S/C11H16N2O2/c1-3-14-8-9(1)7-13-2-4-15-11-6-12-5-10(11)13/h1,3,8,10-12H,2,4-7H2/t10-,11+/m1/s1. The molecule has 1 aromatic heterocycles. The van der Waals surface area contributed by atoms with E-state index < -0.39 is 0 Å². The summed E-state index contributed by atoms with van der Waals surface area (Å²) in [5.41, 5.74) is 1.25. The van der Waals surface area contributed by atoms with Crippen molar-refractivity contribution in [2.75, 3.05) is 26.2 Å². The summed E-state index contributed by atoms with van der Waals surface area (Å²) in [6.45, 7) is 4.88. The predicted molar refractivity (Wildman–Crippen MR) is 55.5 cm³/mol. The van der Waals surface area contributed by atoms with Gasteiger partial charge in [-0.05, 0) is 6.07 Å². The van der Waals surface area contributed by atoms with Gasteiger partial charge in [0.05, 0.1) is 25.2 Å². The fourth-order valence-electron chi connectivity index (χ4n) is 2.48. The molecule has 0 spiro atoms. The highest BCUT2D eigenvalue weighted by Crippen LogP contribution is 2.19. The van der Waals surface area contributed by atoms with Gasteiger partial charge in [0, 0.05) is 37.8 Å². The van der Waals surface area contributed by atoms with E-state index in [0.29, 0.717) is 12.1 Å². The highest BCUT2D eigenvalue weighted by Gasteiger charge is 2.35. The second-order valence-corrected chi connectivity index (χ2v) is 4.24. The molecule has 15 heavy (non-hydrogen) atoms. The third-order valence-corrected chi connectivity index (χ3v) is 3.27. The monoisotopic (exact) mass is 208 g/mol. The van der Waals surface area contributed by atoms with Crippen LogP contribution in [0.4, 0.5) is 0 Å². The van der Waals surface area contributed by atoms with Crippen molar-refractivity contribution >= 4 is 0 Å². The van der Waals surface area contributed by atoms with Crippen LogP contribution in [0.25, 0.3) is 0 Å². The van der Waals surface area contributed by atoms with Crippen LogP contribution < -0.4 is 5.32 Å². The van der Waals surface area contributed by atoms with E-state index >= 15 is 0 Å². The number of nitrogens with one attached hydrogen (secondary N) is 1. The van der Waals surface area contributed by atoms with Gasteiger partial charge in [0.1, 0.15) is 0 Å². The SMILES string of the molecule is c1cc(CN2CCO[C@H]3CNC[C@H]32)co1. The largest absolute Gasteiger partial charge is 0.472 e. The van der Waals surface area contributed by atoms with E-state index in [4.69, 9.17) is 9.15 Å². The summed E-state index contributed by atoms with van der Waals surface area (Å²) in [5, 5.41) is 3.38. The minimum absolute atomic E-state index is 0.380. The average Bonchev–Trinajstić information content (AvgIpc) is 2.87. The summed E-state index contributed by atoms with van der Waals surface area (Å²) < 4.78 is 10.8. The molecule has 1 N–H and O–H groups in total. The molecule has 2 aliphatic rings. The normalized spacial score (nSPS) is 31.7. The topological polar surface area (TPSA) is 37.6 Å². The molecule has 2 fully saturated rings. The van der Waals surface area contributed by atoms with E-state index in [2.05, 4.69) is 10.2 Å². The van der Waals surface area contributed by atoms with Gasteiger partial charge in [-0.1, -0.05) is 0 Å². The summed E-state index contributed by atoms with van der Waals surface area (Å²) >= 11 is 0. The van der Waals surface area contributed by atoms with Crippen molar-refractivity contribution in [3.8, 4) is 0 Å². The molecule has 3 rings (SSSR count). The summed E-state index contributed by atoms with van der Waals surface area (Å²) in [6, 6.07) is 2.57. The van der Waals surface area contributed by atoms with Gasteiger partial charge in [-0.2, -0.15) is 0 Å². The predicted octanol–water partition coefficient (Wildman–Crippen LogP) is 0.452. The van der Waals surface area contributed by atoms with Crippen LogP contribution in [0.15, 0.2) is 23.0 Å². The summed E-state index contributed by atoms with van der Waals surface area (Å²) in [4.78, 5) is 2.49. The average molecular weight is 208 g/mol. The lowest BCUT2D eigenvalue weighted by Gasteiger charge is -2.36. The molecule has 82 valence electrons. The zero-order valence-corrected chi connectivity index (χ0v) is 8.69. The highest BCUT2D eigenvalue weighted by molar-refractivity contribution is 5.06. The third-order valence-electron chi connectivity index (χ3n) is 3.27. The molecule has 0 radical (unpaired) electrons. The van der Waals surface area contributed by atoms with Crippen molar-refractivity contribution in [3.05, 3.63) is 24.2 Å². The molecule has 4 heteroatoms. The lowest BCUT2D eigenvalue weighted by atomic mass is 10.1. The van der Waals surface area contributed by atoms with E-state index in [0.717, 1.165) is 32.8 Å². The Bertz CT molecular complexity index is 312.